The van der Waals surface area contributed by atoms with Crippen molar-refractivity contribution in [1.82, 2.24) is 19.7 Å². The molecule has 2 aliphatic rings. The van der Waals surface area contributed by atoms with Gasteiger partial charge in [0, 0.05) is 12.2 Å². The van der Waals surface area contributed by atoms with E-state index in [0.29, 0.717) is 29.0 Å². The number of fused-ring (bicyclic) bond motifs is 2. The number of hydrogen-bond donors (Lipinski definition) is 4. The lowest BCUT2D eigenvalue weighted by atomic mass is 9.88. The third-order valence-corrected chi connectivity index (χ3v) is 5.45. The van der Waals surface area contributed by atoms with Crippen molar-refractivity contribution in [3.63, 3.8) is 0 Å². The van der Waals surface area contributed by atoms with Crippen LogP contribution in [0.5, 0.6) is 0 Å². The van der Waals surface area contributed by atoms with Crippen LogP contribution in [0.15, 0.2) is 30.7 Å². The van der Waals surface area contributed by atoms with E-state index >= 15 is 0 Å². The molecule has 148 valence electrons. The Bertz CT molecular complexity index is 913. The summed E-state index contributed by atoms with van der Waals surface area (Å²) in [5.74, 6) is 0.590. The highest BCUT2D eigenvalue weighted by Crippen LogP contribution is 2.45. The van der Waals surface area contributed by atoms with Gasteiger partial charge < -0.3 is 21.5 Å². The van der Waals surface area contributed by atoms with Crippen molar-refractivity contribution < 1.29 is 9.90 Å². The maximum Gasteiger partial charge on any atom is 0.229 e. The number of carbonyl (C=O) groups excluding carboxylic acids is 1. The van der Waals surface area contributed by atoms with Crippen LogP contribution in [0.1, 0.15) is 13.3 Å². The van der Waals surface area contributed by atoms with Crippen LogP contribution in [-0.4, -0.2) is 42.9 Å². The largest absolute Gasteiger partial charge is 0.391 e. The Morgan fingerprint density at radius 2 is 2.21 bits per heavy atom. The van der Waals surface area contributed by atoms with E-state index in [1.54, 1.807) is 24.0 Å². The van der Waals surface area contributed by atoms with Gasteiger partial charge in [0.2, 0.25) is 11.9 Å². The lowest BCUT2D eigenvalue weighted by Gasteiger charge is -2.27. The molecule has 0 aliphatic heterocycles. The first-order chi connectivity index (χ1) is 13.4. The first kappa shape index (κ1) is 18.7. The van der Waals surface area contributed by atoms with Crippen LogP contribution >= 0.6 is 11.6 Å². The Balaban J connectivity index is 1.50. The molecule has 2 aliphatic carbocycles. The second-order valence-electron chi connectivity index (χ2n) is 7.36. The van der Waals surface area contributed by atoms with E-state index in [0.717, 1.165) is 6.42 Å². The van der Waals surface area contributed by atoms with Gasteiger partial charge in [-0.1, -0.05) is 23.8 Å². The molecule has 0 unspecified atom stereocenters. The second-order valence-corrected chi connectivity index (χ2v) is 7.77. The van der Waals surface area contributed by atoms with E-state index in [4.69, 9.17) is 17.3 Å². The molecule has 1 amide bonds. The molecule has 1 fully saturated rings. The van der Waals surface area contributed by atoms with Crippen molar-refractivity contribution in [3.8, 4) is 0 Å². The Morgan fingerprint density at radius 3 is 2.96 bits per heavy atom. The summed E-state index contributed by atoms with van der Waals surface area (Å²) in [6.07, 6.45) is 9.47. The van der Waals surface area contributed by atoms with Gasteiger partial charge in [0.15, 0.2) is 5.82 Å². The minimum absolute atomic E-state index is 0.137. The Labute approximate surface area is 167 Å². The van der Waals surface area contributed by atoms with Crippen LogP contribution in [0.3, 0.4) is 0 Å². The molecule has 28 heavy (non-hydrogen) atoms. The highest BCUT2D eigenvalue weighted by Gasteiger charge is 2.47. The number of halogens is 1. The maximum atomic E-state index is 11.9. The van der Waals surface area contributed by atoms with Gasteiger partial charge in [-0.3, -0.25) is 9.48 Å². The number of aliphatic hydroxyl groups is 1. The third-order valence-electron chi connectivity index (χ3n) is 5.18. The van der Waals surface area contributed by atoms with Gasteiger partial charge in [0.25, 0.3) is 0 Å². The standard InChI is InChI=1S/C18H22ClN7O2/c1-9(27)7-26-8-12(5-22-26)23-18-21-6-13(19)17(25-18)24-15-11-3-2-10(4-11)14(15)16(20)28/h2-3,5-6,8-11,14-15,27H,4,7H2,1H3,(H2,20,28)(H2,21,23,24,25)/t9-,10-,11+,14+,15-/m1/s1. The Morgan fingerprint density at radius 1 is 1.43 bits per heavy atom. The second kappa shape index (κ2) is 7.40. The summed E-state index contributed by atoms with van der Waals surface area (Å²) in [4.78, 5) is 20.6. The molecule has 0 radical (unpaired) electrons. The summed E-state index contributed by atoms with van der Waals surface area (Å²) in [6, 6.07) is -0.137. The summed E-state index contributed by atoms with van der Waals surface area (Å²) < 4.78 is 1.63. The zero-order valence-corrected chi connectivity index (χ0v) is 16.0. The summed E-state index contributed by atoms with van der Waals surface area (Å²) in [5, 5.41) is 20.3. The minimum atomic E-state index is -0.496. The van der Waals surface area contributed by atoms with Gasteiger partial charge in [0.05, 0.1) is 36.6 Å². The Kier molecular flexibility index (Phi) is 4.94. The lowest BCUT2D eigenvalue weighted by Crippen LogP contribution is -2.41. The summed E-state index contributed by atoms with van der Waals surface area (Å²) in [7, 11) is 0. The number of amides is 1. The number of nitrogens with two attached hydrogens (primary N) is 1. The lowest BCUT2D eigenvalue weighted by molar-refractivity contribution is -0.122. The van der Waals surface area contributed by atoms with E-state index in [2.05, 4.69) is 37.9 Å². The maximum absolute atomic E-state index is 11.9. The molecule has 5 N–H and O–H groups in total. The fourth-order valence-electron chi connectivity index (χ4n) is 4.02. The van der Waals surface area contributed by atoms with Crippen molar-refractivity contribution in [2.75, 3.05) is 10.6 Å². The number of aliphatic hydroxyl groups excluding tert-OH is 1. The monoisotopic (exact) mass is 403 g/mol. The molecule has 2 heterocycles. The zero-order valence-electron chi connectivity index (χ0n) is 15.3. The molecule has 2 aromatic rings. The number of primary amides is 1. The van der Waals surface area contributed by atoms with Crippen LogP contribution in [0.25, 0.3) is 0 Å². The minimum Gasteiger partial charge on any atom is -0.391 e. The number of anilines is 3. The van der Waals surface area contributed by atoms with Gasteiger partial charge in [-0.05, 0) is 25.2 Å². The molecule has 0 saturated heterocycles. The van der Waals surface area contributed by atoms with Crippen molar-refractivity contribution in [2.24, 2.45) is 23.5 Å². The molecule has 2 aromatic heterocycles. The van der Waals surface area contributed by atoms with E-state index in [-0.39, 0.29) is 29.7 Å². The fourth-order valence-corrected chi connectivity index (χ4v) is 4.17. The summed E-state index contributed by atoms with van der Waals surface area (Å²) in [5.41, 5.74) is 6.30. The van der Waals surface area contributed by atoms with Crippen molar-refractivity contribution in [2.45, 2.75) is 32.0 Å². The topological polar surface area (TPSA) is 131 Å². The van der Waals surface area contributed by atoms with Crippen molar-refractivity contribution in [1.29, 1.82) is 0 Å². The molecule has 10 heteroatoms. The van der Waals surface area contributed by atoms with Crippen LogP contribution in [-0.2, 0) is 11.3 Å². The van der Waals surface area contributed by atoms with E-state index in [1.165, 1.54) is 6.20 Å². The van der Waals surface area contributed by atoms with Gasteiger partial charge >= 0.3 is 0 Å². The number of nitrogens with zero attached hydrogens (tertiary/aromatic N) is 4. The van der Waals surface area contributed by atoms with E-state index < -0.39 is 6.10 Å². The van der Waals surface area contributed by atoms with Crippen LogP contribution in [0, 0.1) is 17.8 Å². The van der Waals surface area contributed by atoms with Crippen LogP contribution in [0.4, 0.5) is 17.5 Å². The molecule has 0 spiro atoms. The van der Waals surface area contributed by atoms with Crippen LogP contribution < -0.4 is 16.4 Å². The molecular weight excluding hydrogens is 382 g/mol. The highest BCUT2D eigenvalue weighted by atomic mass is 35.5. The number of carbonyl (C=O) groups is 1. The molecular formula is C18H22ClN7O2. The first-order valence-electron chi connectivity index (χ1n) is 9.15. The first-order valence-corrected chi connectivity index (χ1v) is 9.53. The SMILES string of the molecule is C[C@@H](O)Cn1cc(Nc2ncc(Cl)c(N[C@H]3[C@@H](C(N)=O)[C@@H]4C=C[C@H]3C4)n2)cn1. The predicted octanol–water partition coefficient (Wildman–Crippen LogP) is 1.54. The van der Waals surface area contributed by atoms with Gasteiger partial charge in [-0.2, -0.15) is 10.1 Å². The smallest absolute Gasteiger partial charge is 0.229 e. The van der Waals surface area contributed by atoms with Gasteiger partial charge in [-0.15, -0.1) is 0 Å². The quantitative estimate of drug-likeness (QED) is 0.515. The fraction of sp³-hybridized carbons (Fsp3) is 0.444. The third kappa shape index (κ3) is 3.67. The normalized spacial score (nSPS) is 26.4. The van der Waals surface area contributed by atoms with Gasteiger partial charge in [0.1, 0.15) is 5.02 Å². The number of nitrogens with one attached hydrogen (secondary N) is 2. The zero-order chi connectivity index (χ0) is 19.8. The molecule has 4 rings (SSSR count). The van der Waals surface area contributed by atoms with E-state index in [9.17, 15) is 9.90 Å². The highest BCUT2D eigenvalue weighted by molar-refractivity contribution is 6.32. The Hall–Kier alpha value is -2.65. The number of allylic oxidation sites excluding steroid dienone is 1. The predicted molar refractivity (Wildman–Crippen MR) is 105 cm³/mol. The molecule has 9 nitrogen and oxygen atoms in total. The summed E-state index contributed by atoms with van der Waals surface area (Å²) in [6.45, 7) is 2.08. The molecule has 5 atom stereocenters. The molecule has 2 bridgehead atoms. The summed E-state index contributed by atoms with van der Waals surface area (Å²) >= 11 is 6.27. The van der Waals surface area contributed by atoms with Crippen LogP contribution in [0.2, 0.25) is 5.02 Å². The van der Waals surface area contributed by atoms with Crippen molar-refractivity contribution in [3.05, 3.63) is 35.8 Å². The average molecular weight is 404 g/mol. The van der Waals surface area contributed by atoms with Crippen molar-refractivity contribution >= 4 is 35.0 Å². The average Bonchev–Trinajstić information content (AvgIpc) is 3.33. The number of aromatic nitrogens is 4. The van der Waals surface area contributed by atoms with Gasteiger partial charge in [-0.25, -0.2) is 4.98 Å². The molecule has 0 aromatic carbocycles. The molecule has 1 saturated carbocycles. The number of hydrogen-bond acceptors (Lipinski definition) is 7. The number of rotatable bonds is 7. The van der Waals surface area contributed by atoms with E-state index in [1.807, 2.05) is 0 Å².